The molecule has 2 nitrogen and oxygen atoms in total. The Bertz CT molecular complexity index is 2980. The SMILES string of the molecule is C[Si]1(C)c2ccccc2N2c3cc(-c4cccc5sc6ccccc6c45)cc4c3B(c3cccc1c32)c1sc2ccccc2c1N4c1ccccc1. The number of anilines is 6. The van der Waals surface area contributed by atoms with E-state index in [1.54, 1.807) is 0 Å². The van der Waals surface area contributed by atoms with Crippen molar-refractivity contribution in [1.82, 2.24) is 0 Å². The molecule has 0 fully saturated rings. The van der Waals surface area contributed by atoms with Crippen LogP contribution in [0.15, 0.2) is 152 Å². The molecule has 7 aromatic carbocycles. The minimum absolute atomic E-state index is 0.130. The molecule has 0 aliphatic carbocycles. The van der Waals surface area contributed by atoms with Gasteiger partial charge in [0.2, 0.25) is 0 Å². The Kier molecular flexibility index (Phi) is 5.82. The highest BCUT2D eigenvalue weighted by Crippen LogP contribution is 2.50. The monoisotopic (exact) mass is 714 g/mol. The van der Waals surface area contributed by atoms with Crippen LogP contribution in [0.5, 0.6) is 0 Å². The second-order valence-corrected chi connectivity index (χ2v) is 21.3. The average molecular weight is 715 g/mol. The van der Waals surface area contributed by atoms with E-state index >= 15 is 0 Å². The molecule has 0 unspecified atom stereocenters. The van der Waals surface area contributed by atoms with E-state index in [1.807, 2.05) is 22.7 Å². The summed E-state index contributed by atoms with van der Waals surface area (Å²) >= 11 is 3.87. The van der Waals surface area contributed by atoms with E-state index < -0.39 is 8.07 Å². The lowest BCUT2D eigenvalue weighted by Crippen LogP contribution is -2.67. The molecular weight excluding hydrogens is 684 g/mol. The van der Waals surface area contributed by atoms with Gasteiger partial charge in [0.05, 0.1) is 5.69 Å². The maximum absolute atomic E-state index is 2.66. The van der Waals surface area contributed by atoms with Crippen molar-refractivity contribution in [2.24, 2.45) is 0 Å². The predicted octanol–water partition coefficient (Wildman–Crippen LogP) is 10.2. The quantitative estimate of drug-likeness (QED) is 0.165. The van der Waals surface area contributed by atoms with Crippen molar-refractivity contribution < 1.29 is 0 Å². The third-order valence-corrected chi connectivity index (χ3v) is 17.7. The summed E-state index contributed by atoms with van der Waals surface area (Å²) < 4.78 is 5.44. The molecule has 6 heteroatoms. The lowest BCUT2D eigenvalue weighted by atomic mass is 9.36. The topological polar surface area (TPSA) is 6.48 Å². The molecule has 2 aromatic heterocycles. The lowest BCUT2D eigenvalue weighted by molar-refractivity contribution is 1.26. The summed E-state index contributed by atoms with van der Waals surface area (Å²) in [4.78, 5) is 5.24. The van der Waals surface area contributed by atoms with Gasteiger partial charge in [0, 0.05) is 63.5 Å². The highest BCUT2D eigenvalue weighted by Gasteiger charge is 2.49. The van der Waals surface area contributed by atoms with Gasteiger partial charge in [-0.15, -0.1) is 22.7 Å². The molecule has 0 saturated heterocycles. The Hall–Kier alpha value is -5.40. The van der Waals surface area contributed by atoms with Gasteiger partial charge in [-0.2, -0.15) is 0 Å². The molecule has 3 aliphatic rings. The molecule has 5 heterocycles. The molecule has 0 amide bonds. The van der Waals surface area contributed by atoms with Crippen molar-refractivity contribution in [3.05, 3.63) is 152 Å². The molecular formula is C46H31BN2S2Si. The molecule has 0 radical (unpaired) electrons. The van der Waals surface area contributed by atoms with Gasteiger partial charge in [0.1, 0.15) is 8.07 Å². The number of hydrogen-bond acceptors (Lipinski definition) is 4. The summed E-state index contributed by atoms with van der Waals surface area (Å²) in [5.74, 6) is 0. The van der Waals surface area contributed by atoms with Crippen LogP contribution in [0.4, 0.5) is 34.1 Å². The fourth-order valence-electron chi connectivity index (χ4n) is 9.59. The summed E-state index contributed by atoms with van der Waals surface area (Å²) in [7, 11) is -2.02. The molecule has 3 aliphatic heterocycles. The van der Waals surface area contributed by atoms with Crippen molar-refractivity contribution in [2.75, 3.05) is 9.80 Å². The number of rotatable bonds is 2. The molecule has 0 N–H and O–H groups in total. The Morgan fingerprint density at radius 1 is 0.519 bits per heavy atom. The largest absolute Gasteiger partial charge is 0.312 e. The zero-order valence-corrected chi connectivity index (χ0v) is 31.4. The summed E-state index contributed by atoms with van der Waals surface area (Å²) in [5, 5.41) is 7.03. The van der Waals surface area contributed by atoms with E-state index in [1.165, 1.54) is 102 Å². The Labute approximate surface area is 311 Å². The number of hydrogen-bond donors (Lipinski definition) is 0. The second kappa shape index (κ2) is 10.4. The van der Waals surface area contributed by atoms with Gasteiger partial charge in [-0.25, -0.2) is 0 Å². The highest BCUT2D eigenvalue weighted by atomic mass is 32.1. The van der Waals surface area contributed by atoms with E-state index in [9.17, 15) is 0 Å². The van der Waals surface area contributed by atoms with Gasteiger partial charge in [-0.1, -0.05) is 116 Å². The van der Waals surface area contributed by atoms with Crippen LogP contribution in [0.25, 0.3) is 41.4 Å². The molecule has 12 rings (SSSR count). The van der Waals surface area contributed by atoms with Crippen LogP contribution in [-0.4, -0.2) is 14.8 Å². The van der Waals surface area contributed by atoms with E-state index in [0.717, 1.165) is 0 Å². The molecule has 0 spiro atoms. The zero-order valence-electron chi connectivity index (χ0n) is 28.7. The number of thiophene rings is 2. The number of benzene rings is 7. The smallest absolute Gasteiger partial charge is 0.264 e. The standard InChI is InChI=1S/C46H31BN2S2Si/c1-52(2)40-24-11-8-20-34(40)49-36-27-28(30-18-12-23-39-42(30)31-16-6-9-21-37(31)50-39)26-35-43(36)47(33-19-13-25-41(52)45(33)49)46-44(32-17-7-10-22-38(32)51-46)48(35)29-14-4-3-5-15-29/h3-27H,1-2H3. The third-order valence-electron chi connectivity index (χ3n) is 11.8. The van der Waals surface area contributed by atoms with Gasteiger partial charge >= 0.3 is 0 Å². The van der Waals surface area contributed by atoms with E-state index in [-0.39, 0.29) is 6.71 Å². The number of para-hydroxylation sites is 3. The van der Waals surface area contributed by atoms with E-state index in [0.29, 0.717) is 0 Å². The number of nitrogens with zero attached hydrogens (tertiary/aromatic N) is 2. The van der Waals surface area contributed by atoms with Crippen molar-refractivity contribution >= 4 is 128 Å². The first kappa shape index (κ1) is 29.2. The van der Waals surface area contributed by atoms with E-state index in [4.69, 9.17) is 0 Å². The molecule has 52 heavy (non-hydrogen) atoms. The number of fused-ring (bicyclic) bond motifs is 11. The van der Waals surface area contributed by atoms with Crippen molar-refractivity contribution in [3.63, 3.8) is 0 Å². The van der Waals surface area contributed by atoms with E-state index in [2.05, 4.69) is 175 Å². The van der Waals surface area contributed by atoms with Gasteiger partial charge < -0.3 is 9.80 Å². The lowest BCUT2D eigenvalue weighted by Gasteiger charge is -2.48. The minimum Gasteiger partial charge on any atom is -0.312 e. The molecule has 244 valence electrons. The van der Waals surface area contributed by atoms with Crippen LogP contribution in [0.3, 0.4) is 0 Å². The van der Waals surface area contributed by atoms with Gasteiger partial charge in [0.25, 0.3) is 6.71 Å². The van der Waals surface area contributed by atoms with Crippen LogP contribution in [-0.2, 0) is 0 Å². The molecule has 9 aromatic rings. The fourth-order valence-corrected chi connectivity index (χ4v) is 15.0. The molecule has 0 saturated carbocycles. The van der Waals surface area contributed by atoms with Crippen LogP contribution >= 0.6 is 22.7 Å². The fraction of sp³-hybridized carbons (Fsp3) is 0.0435. The Morgan fingerprint density at radius 2 is 1.17 bits per heavy atom. The summed E-state index contributed by atoms with van der Waals surface area (Å²) in [6, 6.07) is 57.4. The minimum atomic E-state index is -2.02. The van der Waals surface area contributed by atoms with Crippen molar-refractivity contribution in [3.8, 4) is 11.1 Å². The van der Waals surface area contributed by atoms with Crippen molar-refractivity contribution in [1.29, 1.82) is 0 Å². The second-order valence-electron chi connectivity index (χ2n) is 14.8. The van der Waals surface area contributed by atoms with Gasteiger partial charge in [-0.05, 0) is 81.0 Å². The summed E-state index contributed by atoms with van der Waals surface area (Å²) in [6.45, 7) is 5.22. The first-order valence-electron chi connectivity index (χ1n) is 18.1. The average Bonchev–Trinajstić information content (AvgIpc) is 3.76. The van der Waals surface area contributed by atoms with Crippen LogP contribution < -0.4 is 35.9 Å². The van der Waals surface area contributed by atoms with Crippen molar-refractivity contribution in [2.45, 2.75) is 13.1 Å². The van der Waals surface area contributed by atoms with Crippen LogP contribution in [0.1, 0.15) is 0 Å². The molecule has 0 bridgehead atoms. The first-order valence-corrected chi connectivity index (χ1v) is 22.7. The first-order chi connectivity index (χ1) is 25.6. The summed E-state index contributed by atoms with van der Waals surface area (Å²) in [5.41, 5.74) is 13.2. The van der Waals surface area contributed by atoms with Crippen LogP contribution in [0.2, 0.25) is 13.1 Å². The third kappa shape index (κ3) is 3.69. The Balaban J connectivity index is 1.27. The maximum Gasteiger partial charge on any atom is 0.264 e. The normalized spacial score (nSPS) is 14.8. The highest BCUT2D eigenvalue weighted by molar-refractivity contribution is 7.34. The predicted molar refractivity (Wildman–Crippen MR) is 231 cm³/mol. The van der Waals surface area contributed by atoms with Crippen LogP contribution in [0, 0.1) is 0 Å². The zero-order chi connectivity index (χ0) is 34.3. The summed E-state index contributed by atoms with van der Waals surface area (Å²) in [6.07, 6.45) is 0. The van der Waals surface area contributed by atoms with Gasteiger partial charge in [0.15, 0.2) is 0 Å². The maximum atomic E-state index is 2.66. The Morgan fingerprint density at radius 3 is 2.02 bits per heavy atom. The van der Waals surface area contributed by atoms with Gasteiger partial charge in [-0.3, -0.25) is 0 Å². The molecule has 0 atom stereocenters.